The van der Waals surface area contributed by atoms with Gasteiger partial charge in [0.2, 0.25) is 0 Å². The molecule has 1 atom stereocenters. The Morgan fingerprint density at radius 3 is 2.79 bits per heavy atom. The Kier molecular flexibility index (Phi) is 5.15. The number of carbonyl (C=O) groups excluding carboxylic acids is 2. The van der Waals surface area contributed by atoms with Gasteiger partial charge in [-0.2, -0.15) is 0 Å². The fraction of sp³-hybridized carbons (Fsp3) is 0.273. The summed E-state index contributed by atoms with van der Waals surface area (Å²) in [5, 5.41) is 7.94. The van der Waals surface area contributed by atoms with E-state index in [9.17, 15) is 9.59 Å². The van der Waals surface area contributed by atoms with E-state index in [-0.39, 0.29) is 18.5 Å². The van der Waals surface area contributed by atoms with E-state index in [1.165, 1.54) is 32.5 Å². The van der Waals surface area contributed by atoms with Crippen LogP contribution in [0.2, 0.25) is 0 Å². The Hall–Kier alpha value is -2.70. The average Bonchev–Trinajstić information content (AvgIpc) is 3.26. The van der Waals surface area contributed by atoms with Crippen LogP contribution in [0, 0.1) is 0 Å². The van der Waals surface area contributed by atoms with Crippen LogP contribution in [0.5, 0.6) is 0 Å². The van der Waals surface area contributed by atoms with E-state index in [2.05, 4.69) is 36.5 Å². The highest BCUT2D eigenvalue weighted by Gasteiger charge is 2.26. The summed E-state index contributed by atoms with van der Waals surface area (Å²) in [7, 11) is 0. The van der Waals surface area contributed by atoms with Gasteiger partial charge in [-0.3, -0.25) is 9.59 Å². The normalized spacial score (nSPS) is 14.0. The summed E-state index contributed by atoms with van der Waals surface area (Å²) in [6.45, 7) is 2.38. The lowest BCUT2D eigenvalue weighted by molar-refractivity contribution is -0.682. The molecule has 6 heteroatoms. The topological polar surface area (TPSA) is 88.8 Å². The van der Waals surface area contributed by atoms with Gasteiger partial charge in [-0.25, -0.2) is 0 Å². The van der Waals surface area contributed by atoms with Crippen molar-refractivity contribution in [3.05, 3.63) is 64.0 Å². The molecule has 5 N–H and O–H groups in total. The van der Waals surface area contributed by atoms with Gasteiger partial charge in [0.1, 0.15) is 11.0 Å². The summed E-state index contributed by atoms with van der Waals surface area (Å²) in [6, 6.07) is 14.7. The van der Waals surface area contributed by atoms with Crippen molar-refractivity contribution >= 4 is 38.9 Å². The van der Waals surface area contributed by atoms with Crippen LogP contribution in [0.4, 0.5) is 5.00 Å². The van der Waals surface area contributed by atoms with Crippen molar-refractivity contribution in [3.63, 3.8) is 0 Å². The van der Waals surface area contributed by atoms with Crippen LogP contribution in [0.25, 0.3) is 10.8 Å². The molecule has 2 amide bonds. The minimum atomic E-state index is -0.456. The number of primary amides is 1. The molecule has 0 aliphatic heterocycles. The molecule has 3 aromatic rings. The van der Waals surface area contributed by atoms with E-state index in [1.807, 2.05) is 23.5 Å². The molecule has 0 bridgehead atoms. The second-order valence-electron chi connectivity index (χ2n) is 7.27. The van der Waals surface area contributed by atoms with Crippen LogP contribution in [0.15, 0.2) is 42.5 Å². The molecule has 1 aliphatic carbocycles. The predicted molar refractivity (Wildman–Crippen MR) is 113 cm³/mol. The number of rotatable bonds is 6. The van der Waals surface area contributed by atoms with Crippen molar-refractivity contribution in [2.24, 2.45) is 5.73 Å². The fourth-order valence-corrected chi connectivity index (χ4v) is 5.30. The molecule has 2 aromatic carbocycles. The van der Waals surface area contributed by atoms with Gasteiger partial charge in [0.05, 0.1) is 5.56 Å². The summed E-state index contributed by atoms with van der Waals surface area (Å²) in [6.07, 6.45) is 2.87. The first-order chi connectivity index (χ1) is 13.5. The number of hydrogen-bond acceptors (Lipinski definition) is 3. The Labute approximate surface area is 167 Å². The molecule has 1 heterocycles. The minimum absolute atomic E-state index is 0.116. The molecule has 0 spiro atoms. The highest BCUT2D eigenvalue weighted by atomic mass is 32.1. The zero-order valence-corrected chi connectivity index (χ0v) is 16.6. The third-order valence-corrected chi connectivity index (χ3v) is 6.60. The monoisotopic (exact) mass is 394 g/mol. The summed E-state index contributed by atoms with van der Waals surface area (Å²) < 4.78 is 0. The molecule has 1 aliphatic rings. The van der Waals surface area contributed by atoms with Gasteiger partial charge in [0, 0.05) is 10.4 Å². The molecule has 144 valence electrons. The van der Waals surface area contributed by atoms with Crippen LogP contribution in [0.1, 0.15) is 45.7 Å². The van der Waals surface area contributed by atoms with Crippen molar-refractivity contribution < 1.29 is 14.9 Å². The third kappa shape index (κ3) is 3.53. The Morgan fingerprint density at radius 2 is 1.96 bits per heavy atom. The molecular formula is C22H24N3O2S+. The first-order valence-electron chi connectivity index (χ1n) is 9.59. The number of amides is 2. The molecule has 28 heavy (non-hydrogen) atoms. The van der Waals surface area contributed by atoms with Crippen LogP contribution in [-0.2, 0) is 17.6 Å². The Bertz CT molecular complexity index is 1050. The third-order valence-electron chi connectivity index (χ3n) is 5.39. The van der Waals surface area contributed by atoms with Gasteiger partial charge in [0.15, 0.2) is 6.54 Å². The van der Waals surface area contributed by atoms with E-state index >= 15 is 0 Å². The zero-order valence-electron chi connectivity index (χ0n) is 15.8. The minimum Gasteiger partial charge on any atom is -0.365 e. The number of quaternary nitrogens is 1. The lowest BCUT2D eigenvalue weighted by Gasteiger charge is -2.14. The number of nitrogens with one attached hydrogen (secondary N) is 1. The Morgan fingerprint density at radius 1 is 1.18 bits per heavy atom. The van der Waals surface area contributed by atoms with Crippen molar-refractivity contribution in [2.45, 2.75) is 32.2 Å². The quantitative estimate of drug-likeness (QED) is 0.600. The highest BCUT2D eigenvalue weighted by Crippen LogP contribution is 2.38. The number of fused-ring (bicyclic) bond motifs is 2. The molecular weight excluding hydrogens is 370 g/mol. The molecule has 0 radical (unpaired) electrons. The standard InChI is InChI=1S/C22H23N3O2S/c1-13(15-9-4-7-14-6-2-3-8-16(14)15)24-12-19(26)25-22-20(21(23)27)17-10-5-11-18(17)28-22/h2-4,6-9,13,24H,5,10-12H2,1H3,(H2,23,27)(H,25,26)/p+1/t13-/m1/s1. The maximum atomic E-state index is 12.5. The number of thiophene rings is 1. The maximum absolute atomic E-state index is 12.5. The number of carbonyl (C=O) groups is 2. The van der Waals surface area contributed by atoms with Gasteiger partial charge in [0.25, 0.3) is 11.8 Å². The number of benzene rings is 2. The van der Waals surface area contributed by atoms with Crippen LogP contribution in [0.3, 0.4) is 0 Å². The van der Waals surface area contributed by atoms with Gasteiger partial charge in [-0.1, -0.05) is 42.5 Å². The average molecular weight is 395 g/mol. The van der Waals surface area contributed by atoms with Crippen molar-refractivity contribution in [3.8, 4) is 0 Å². The van der Waals surface area contributed by atoms with E-state index < -0.39 is 5.91 Å². The van der Waals surface area contributed by atoms with E-state index in [4.69, 9.17) is 5.73 Å². The molecule has 5 nitrogen and oxygen atoms in total. The largest absolute Gasteiger partial charge is 0.365 e. The predicted octanol–water partition coefficient (Wildman–Crippen LogP) is 2.75. The van der Waals surface area contributed by atoms with Gasteiger partial charge in [-0.15, -0.1) is 11.3 Å². The summed E-state index contributed by atoms with van der Waals surface area (Å²) in [5.74, 6) is -0.572. The van der Waals surface area contributed by atoms with Gasteiger partial charge in [-0.05, 0) is 42.5 Å². The van der Waals surface area contributed by atoms with E-state index in [0.29, 0.717) is 10.6 Å². The van der Waals surface area contributed by atoms with Gasteiger partial charge >= 0.3 is 0 Å². The van der Waals surface area contributed by atoms with Gasteiger partial charge < -0.3 is 16.4 Å². The number of aryl methyl sites for hydroxylation is 1. The molecule has 0 saturated heterocycles. The number of anilines is 1. The fourth-order valence-electron chi connectivity index (χ4n) is 3.99. The summed E-state index contributed by atoms with van der Waals surface area (Å²) >= 11 is 1.49. The number of nitrogens with two attached hydrogens (primary N) is 2. The summed E-state index contributed by atoms with van der Waals surface area (Å²) in [5.41, 5.74) is 8.31. The second-order valence-corrected chi connectivity index (χ2v) is 8.38. The zero-order chi connectivity index (χ0) is 19.7. The lowest BCUT2D eigenvalue weighted by atomic mass is 10.00. The first kappa shape index (κ1) is 18.7. The lowest BCUT2D eigenvalue weighted by Crippen LogP contribution is -2.86. The van der Waals surface area contributed by atoms with E-state index in [0.717, 1.165) is 24.8 Å². The highest BCUT2D eigenvalue weighted by molar-refractivity contribution is 7.17. The molecule has 0 fully saturated rings. The maximum Gasteiger partial charge on any atom is 0.280 e. The van der Waals surface area contributed by atoms with Crippen molar-refractivity contribution in [1.29, 1.82) is 0 Å². The van der Waals surface area contributed by atoms with Crippen molar-refractivity contribution in [2.75, 3.05) is 11.9 Å². The van der Waals surface area contributed by atoms with E-state index in [1.54, 1.807) is 0 Å². The van der Waals surface area contributed by atoms with Crippen molar-refractivity contribution in [1.82, 2.24) is 0 Å². The SMILES string of the molecule is C[C@@H]([NH2+]CC(=O)Nc1sc2c(c1C(N)=O)CCC2)c1cccc2ccccc12. The number of hydrogen-bond donors (Lipinski definition) is 3. The molecule has 0 saturated carbocycles. The Balaban J connectivity index is 1.44. The van der Waals surface area contributed by atoms with Crippen LogP contribution >= 0.6 is 11.3 Å². The van der Waals surface area contributed by atoms with Crippen LogP contribution in [-0.4, -0.2) is 18.4 Å². The van der Waals surface area contributed by atoms with Crippen LogP contribution < -0.4 is 16.4 Å². The molecule has 1 aromatic heterocycles. The first-order valence-corrected chi connectivity index (χ1v) is 10.4. The molecule has 4 rings (SSSR count). The second kappa shape index (κ2) is 7.73. The smallest absolute Gasteiger partial charge is 0.280 e. The molecule has 0 unspecified atom stereocenters. The summed E-state index contributed by atoms with van der Waals surface area (Å²) in [4.78, 5) is 25.6.